The second kappa shape index (κ2) is 28.4. The second-order valence-corrected chi connectivity index (χ2v) is 14.5. The molecule has 3 N–H and O–H groups in total. The zero-order valence-electron chi connectivity index (χ0n) is 26.3. The van der Waals surface area contributed by atoms with Gasteiger partial charge in [0.1, 0.15) is 0 Å². The predicted molar refractivity (Wildman–Crippen MR) is 174 cm³/mol. The summed E-state index contributed by atoms with van der Waals surface area (Å²) in [4.78, 5) is 0. The molecule has 4 atom stereocenters. The van der Waals surface area contributed by atoms with Crippen LogP contribution in [0.4, 0.5) is 0 Å². The smallest absolute Gasteiger partial charge is 0.0540 e. The molecule has 4 heteroatoms. The first-order chi connectivity index (χ1) is 19.1. The van der Waals surface area contributed by atoms with E-state index >= 15 is 0 Å². The van der Waals surface area contributed by atoms with Crippen LogP contribution < -0.4 is 0 Å². The van der Waals surface area contributed by atoms with Crippen molar-refractivity contribution in [3.63, 3.8) is 0 Å². The minimum absolute atomic E-state index is 0.0862. The minimum Gasteiger partial charge on any atom is -0.393 e. The van der Waals surface area contributed by atoms with Gasteiger partial charge in [-0.1, -0.05) is 142 Å². The fourth-order valence-electron chi connectivity index (χ4n) is 6.09. The van der Waals surface area contributed by atoms with Crippen LogP contribution in [0.1, 0.15) is 193 Å². The van der Waals surface area contributed by atoms with E-state index in [-0.39, 0.29) is 18.3 Å². The van der Waals surface area contributed by atoms with Gasteiger partial charge in [-0.25, -0.2) is 0 Å². The highest BCUT2D eigenvalue weighted by atomic mass is 32.2. The molecule has 1 aliphatic heterocycles. The maximum Gasteiger partial charge on any atom is 0.0540 e. The Bertz CT molecular complexity index is 447. The van der Waals surface area contributed by atoms with Crippen molar-refractivity contribution < 1.29 is 15.3 Å². The van der Waals surface area contributed by atoms with Gasteiger partial charge in [-0.15, -0.1) is 0 Å². The summed E-state index contributed by atoms with van der Waals surface area (Å²) in [5.74, 6) is 1.30. The molecule has 0 aromatic carbocycles. The molecule has 1 heterocycles. The lowest BCUT2D eigenvalue weighted by atomic mass is 10.00. The SMILES string of the molecule is CC1CCCCCCCCC(O)CCCCCCCCC(O)CCCCCCCCC(O)CCCCCCS1. The minimum atomic E-state index is -0.107. The van der Waals surface area contributed by atoms with E-state index in [1.54, 1.807) is 0 Å². The van der Waals surface area contributed by atoms with Gasteiger partial charge in [-0.2, -0.15) is 11.8 Å². The molecule has 0 radical (unpaired) electrons. The van der Waals surface area contributed by atoms with Crippen LogP contribution >= 0.6 is 11.8 Å². The summed E-state index contributed by atoms with van der Waals surface area (Å²) in [6.45, 7) is 2.41. The molecule has 3 nitrogen and oxygen atoms in total. The van der Waals surface area contributed by atoms with Crippen LogP contribution in [-0.2, 0) is 0 Å². The summed E-state index contributed by atoms with van der Waals surface area (Å²) >= 11 is 2.16. The number of aliphatic hydroxyl groups is 3. The van der Waals surface area contributed by atoms with E-state index in [1.807, 2.05) is 0 Å². The Kier molecular flexibility index (Phi) is 27.1. The summed E-state index contributed by atoms with van der Waals surface area (Å²) in [5, 5.41) is 31.6. The molecule has 4 unspecified atom stereocenters. The molecule has 0 amide bonds. The molecule has 1 aliphatic rings. The van der Waals surface area contributed by atoms with Gasteiger partial charge in [0.05, 0.1) is 18.3 Å². The number of aliphatic hydroxyl groups excluding tert-OH is 3. The highest BCUT2D eigenvalue weighted by Crippen LogP contribution is 2.21. The molecule has 0 aliphatic carbocycles. The van der Waals surface area contributed by atoms with Gasteiger partial charge in [-0.3, -0.25) is 0 Å². The van der Waals surface area contributed by atoms with E-state index in [0.29, 0.717) is 0 Å². The molecule has 1 rings (SSSR count). The number of thioether (sulfide) groups is 1. The Balaban J connectivity index is 2.19. The molecule has 0 aromatic rings. The second-order valence-electron chi connectivity index (χ2n) is 12.9. The average Bonchev–Trinajstić information content (AvgIpc) is 2.92. The Morgan fingerprint density at radius 2 is 0.564 bits per heavy atom. The average molecular weight is 571 g/mol. The van der Waals surface area contributed by atoms with Crippen LogP contribution in [0.15, 0.2) is 0 Å². The van der Waals surface area contributed by atoms with Gasteiger partial charge in [0.25, 0.3) is 0 Å². The van der Waals surface area contributed by atoms with E-state index in [4.69, 9.17) is 0 Å². The molecule has 0 spiro atoms. The van der Waals surface area contributed by atoms with Crippen molar-refractivity contribution >= 4 is 11.8 Å². The first-order valence-electron chi connectivity index (χ1n) is 17.7. The zero-order valence-corrected chi connectivity index (χ0v) is 27.1. The highest BCUT2D eigenvalue weighted by molar-refractivity contribution is 7.99. The van der Waals surface area contributed by atoms with E-state index in [0.717, 1.165) is 56.6 Å². The van der Waals surface area contributed by atoms with Crippen LogP contribution in [0.25, 0.3) is 0 Å². The van der Waals surface area contributed by atoms with Crippen molar-refractivity contribution in [2.45, 2.75) is 217 Å². The molecule has 0 bridgehead atoms. The molecule has 234 valence electrons. The summed E-state index contributed by atoms with van der Waals surface area (Å²) in [6, 6.07) is 0. The third-order valence-electron chi connectivity index (χ3n) is 8.88. The van der Waals surface area contributed by atoms with Crippen molar-refractivity contribution in [3.8, 4) is 0 Å². The number of rotatable bonds is 0. The highest BCUT2D eigenvalue weighted by Gasteiger charge is 2.07. The first-order valence-corrected chi connectivity index (χ1v) is 18.8. The van der Waals surface area contributed by atoms with E-state index < -0.39 is 0 Å². The molecule has 39 heavy (non-hydrogen) atoms. The van der Waals surface area contributed by atoms with Gasteiger partial charge in [0, 0.05) is 5.25 Å². The lowest BCUT2D eigenvalue weighted by Crippen LogP contribution is -2.06. The van der Waals surface area contributed by atoms with E-state index in [9.17, 15) is 15.3 Å². The Labute approximate surface area is 249 Å². The fourth-order valence-corrected chi connectivity index (χ4v) is 7.20. The van der Waals surface area contributed by atoms with Crippen molar-refractivity contribution in [2.75, 3.05) is 5.75 Å². The maximum absolute atomic E-state index is 10.3. The van der Waals surface area contributed by atoms with Crippen LogP contribution in [-0.4, -0.2) is 44.6 Å². The predicted octanol–water partition coefficient (Wildman–Crippen LogP) is 10.5. The van der Waals surface area contributed by atoms with Gasteiger partial charge < -0.3 is 15.3 Å². The van der Waals surface area contributed by atoms with Crippen molar-refractivity contribution in [2.24, 2.45) is 0 Å². The number of hydrogen-bond acceptors (Lipinski definition) is 4. The molecule has 0 saturated carbocycles. The zero-order chi connectivity index (χ0) is 28.2. The monoisotopic (exact) mass is 571 g/mol. The molecule has 1 saturated heterocycles. The van der Waals surface area contributed by atoms with Crippen LogP contribution in [0, 0.1) is 0 Å². The summed E-state index contributed by atoms with van der Waals surface area (Å²) in [7, 11) is 0. The third kappa shape index (κ3) is 26.9. The normalized spacial score (nSPS) is 30.5. The Hall–Kier alpha value is 0.230. The molecular formula is C35H70O3S. The quantitative estimate of drug-likeness (QED) is 0.271. The molecular weight excluding hydrogens is 500 g/mol. The lowest BCUT2D eigenvalue weighted by molar-refractivity contribution is 0.144. The van der Waals surface area contributed by atoms with E-state index in [1.165, 1.54) is 141 Å². The van der Waals surface area contributed by atoms with Crippen LogP contribution in [0.3, 0.4) is 0 Å². The van der Waals surface area contributed by atoms with Crippen molar-refractivity contribution in [1.29, 1.82) is 0 Å². The summed E-state index contributed by atoms with van der Waals surface area (Å²) in [5.41, 5.74) is 0. The van der Waals surface area contributed by atoms with Crippen LogP contribution in [0.5, 0.6) is 0 Å². The van der Waals surface area contributed by atoms with Crippen LogP contribution in [0.2, 0.25) is 0 Å². The Morgan fingerprint density at radius 1 is 0.333 bits per heavy atom. The van der Waals surface area contributed by atoms with Gasteiger partial charge in [0.15, 0.2) is 0 Å². The van der Waals surface area contributed by atoms with Gasteiger partial charge >= 0.3 is 0 Å². The standard InChI is InChI=1S/C35H70O3S/c1-32-24-16-8-2-3-9-17-25-33(36)26-18-10-4-5-11-19-27-34(37)28-20-12-6-7-13-21-29-35(38)30-22-14-15-23-31-39-32/h32-38H,2-31H2,1H3. The molecule has 1 fully saturated rings. The summed E-state index contributed by atoms with van der Waals surface area (Å²) < 4.78 is 0. The van der Waals surface area contributed by atoms with Gasteiger partial charge in [0.2, 0.25) is 0 Å². The fraction of sp³-hybridized carbons (Fsp3) is 1.00. The lowest BCUT2D eigenvalue weighted by Gasteiger charge is -2.12. The first kappa shape index (κ1) is 37.3. The van der Waals surface area contributed by atoms with Gasteiger partial charge in [-0.05, 0) is 57.1 Å². The number of hydrogen-bond donors (Lipinski definition) is 3. The Morgan fingerprint density at radius 3 is 0.872 bits per heavy atom. The summed E-state index contributed by atoms with van der Waals surface area (Å²) in [6.07, 6.45) is 34.7. The topological polar surface area (TPSA) is 60.7 Å². The van der Waals surface area contributed by atoms with Crippen molar-refractivity contribution in [1.82, 2.24) is 0 Å². The largest absolute Gasteiger partial charge is 0.393 e. The maximum atomic E-state index is 10.3. The van der Waals surface area contributed by atoms with Crippen molar-refractivity contribution in [3.05, 3.63) is 0 Å². The molecule has 0 aromatic heterocycles. The van der Waals surface area contributed by atoms with E-state index in [2.05, 4.69) is 18.7 Å². The third-order valence-corrected chi connectivity index (χ3v) is 10.2.